The van der Waals surface area contributed by atoms with Gasteiger partial charge in [0.05, 0.1) is 0 Å². The van der Waals surface area contributed by atoms with Crippen LogP contribution in [0.15, 0.2) is 221 Å². The Morgan fingerprint density at radius 2 is 0.780 bits per heavy atom. The van der Waals surface area contributed by atoms with Crippen molar-refractivity contribution in [3.8, 4) is 33.4 Å². The summed E-state index contributed by atoms with van der Waals surface area (Å²) in [7, 11) is 0. The van der Waals surface area contributed by atoms with E-state index >= 15 is 0 Å². The topological polar surface area (TPSA) is 29.5 Å². The molecule has 0 bridgehead atoms. The highest BCUT2D eigenvalue weighted by atomic mass is 16.3. The van der Waals surface area contributed by atoms with E-state index in [0.717, 1.165) is 94.3 Å². The molecule has 0 atom stereocenters. The lowest BCUT2D eigenvalue weighted by molar-refractivity contribution is 0.669. The number of fused-ring (bicyclic) bond motifs is 9. The number of para-hydroxylation sites is 3. The minimum Gasteiger partial charge on any atom is -0.455 e. The Morgan fingerprint density at radius 3 is 1.51 bits per heavy atom. The maximum absolute atomic E-state index is 6.49. The molecule has 59 heavy (non-hydrogen) atoms. The van der Waals surface area contributed by atoms with Crippen molar-refractivity contribution in [1.82, 2.24) is 0 Å². The molecular formula is C56H35NO2. The zero-order valence-corrected chi connectivity index (χ0v) is 32.0. The number of nitrogens with zero attached hydrogens (tertiary/aromatic N) is 1. The van der Waals surface area contributed by atoms with Crippen molar-refractivity contribution in [2.75, 3.05) is 4.90 Å². The monoisotopic (exact) mass is 753 g/mol. The number of anilines is 3. The van der Waals surface area contributed by atoms with Crippen molar-refractivity contribution in [2.24, 2.45) is 0 Å². The fourth-order valence-corrected chi connectivity index (χ4v) is 8.97. The maximum Gasteiger partial charge on any atom is 0.143 e. The molecule has 0 aliphatic heterocycles. The highest BCUT2D eigenvalue weighted by Crippen LogP contribution is 2.42. The van der Waals surface area contributed by atoms with E-state index in [2.05, 4.69) is 199 Å². The molecule has 2 heterocycles. The second-order valence-corrected chi connectivity index (χ2v) is 15.3. The summed E-state index contributed by atoms with van der Waals surface area (Å²) in [5.74, 6) is 0. The van der Waals surface area contributed by atoms with Crippen LogP contribution in [0.1, 0.15) is 0 Å². The van der Waals surface area contributed by atoms with Crippen LogP contribution in [0.25, 0.3) is 98.8 Å². The molecular weight excluding hydrogens is 719 g/mol. The average molecular weight is 754 g/mol. The Morgan fingerprint density at radius 1 is 0.271 bits per heavy atom. The molecule has 3 nitrogen and oxygen atoms in total. The fourth-order valence-electron chi connectivity index (χ4n) is 8.97. The van der Waals surface area contributed by atoms with Crippen molar-refractivity contribution in [3.05, 3.63) is 212 Å². The lowest BCUT2D eigenvalue weighted by atomic mass is 9.99. The predicted molar refractivity (Wildman–Crippen MR) is 247 cm³/mol. The number of benzene rings is 10. The van der Waals surface area contributed by atoms with E-state index in [4.69, 9.17) is 8.83 Å². The van der Waals surface area contributed by atoms with Gasteiger partial charge in [0.15, 0.2) is 0 Å². The first kappa shape index (κ1) is 33.3. The lowest BCUT2D eigenvalue weighted by Gasteiger charge is -2.26. The largest absolute Gasteiger partial charge is 0.455 e. The summed E-state index contributed by atoms with van der Waals surface area (Å²) in [6.07, 6.45) is 0. The van der Waals surface area contributed by atoms with E-state index in [1.807, 2.05) is 18.2 Å². The van der Waals surface area contributed by atoms with Gasteiger partial charge in [-0.1, -0.05) is 158 Å². The molecule has 12 aromatic rings. The Bertz CT molecular complexity index is 3540. The van der Waals surface area contributed by atoms with Gasteiger partial charge >= 0.3 is 0 Å². The summed E-state index contributed by atoms with van der Waals surface area (Å²) in [5, 5.41) is 9.42. The van der Waals surface area contributed by atoms with Crippen LogP contribution in [0.2, 0.25) is 0 Å². The molecule has 0 aliphatic carbocycles. The smallest absolute Gasteiger partial charge is 0.143 e. The van der Waals surface area contributed by atoms with Crippen molar-refractivity contribution < 1.29 is 8.83 Å². The summed E-state index contributed by atoms with van der Waals surface area (Å²) in [6.45, 7) is 0. The Hall–Kier alpha value is -7.88. The standard InChI is InChI=1S/C56H35NO2/c1-2-10-37(11-3-1)46-15-9-18-50-52-34-41(27-33-54(52)59-56(46)50)36-22-28-42(29-23-36)57(44-32-26-40-21-20-38-12-4-5-13-45(38)51(40)35-44)43-30-24-39(25-31-43)47-16-8-17-49-48-14-6-7-19-53(48)58-55(47)49/h1-35H. The van der Waals surface area contributed by atoms with Gasteiger partial charge in [-0.05, 0) is 98.4 Å². The summed E-state index contributed by atoms with van der Waals surface area (Å²) in [4.78, 5) is 2.36. The second-order valence-electron chi connectivity index (χ2n) is 15.3. The van der Waals surface area contributed by atoms with E-state index in [1.54, 1.807) is 0 Å². The van der Waals surface area contributed by atoms with Crippen LogP contribution in [0.3, 0.4) is 0 Å². The average Bonchev–Trinajstić information content (AvgIpc) is 3.88. The van der Waals surface area contributed by atoms with Gasteiger partial charge in [0.2, 0.25) is 0 Å². The van der Waals surface area contributed by atoms with Gasteiger partial charge in [-0.2, -0.15) is 0 Å². The van der Waals surface area contributed by atoms with Gasteiger partial charge in [0.1, 0.15) is 22.3 Å². The minimum atomic E-state index is 0.888. The normalized spacial score (nSPS) is 11.7. The van der Waals surface area contributed by atoms with Crippen LogP contribution in [-0.4, -0.2) is 0 Å². The summed E-state index contributed by atoms with van der Waals surface area (Å²) >= 11 is 0. The molecule has 0 saturated carbocycles. The third kappa shape index (κ3) is 5.51. The molecule has 3 heteroatoms. The summed E-state index contributed by atoms with van der Waals surface area (Å²) in [6, 6.07) is 75.7. The summed E-state index contributed by atoms with van der Waals surface area (Å²) < 4.78 is 12.9. The highest BCUT2D eigenvalue weighted by molar-refractivity contribution is 6.12. The molecule has 0 saturated heterocycles. The zero-order chi connectivity index (χ0) is 38.9. The Kier molecular flexibility index (Phi) is 7.54. The van der Waals surface area contributed by atoms with Gasteiger partial charge in [-0.25, -0.2) is 0 Å². The molecule has 10 aromatic carbocycles. The predicted octanol–water partition coefficient (Wildman–Crippen LogP) is 16.3. The first-order chi connectivity index (χ1) is 29.2. The fraction of sp³-hybridized carbons (Fsp3) is 0. The molecule has 2 aromatic heterocycles. The van der Waals surface area contributed by atoms with Crippen molar-refractivity contribution in [1.29, 1.82) is 0 Å². The molecule has 0 spiro atoms. The molecule has 0 radical (unpaired) electrons. The second kappa shape index (κ2) is 13.4. The molecule has 0 amide bonds. The molecule has 0 unspecified atom stereocenters. The van der Waals surface area contributed by atoms with Crippen LogP contribution < -0.4 is 4.90 Å². The van der Waals surface area contributed by atoms with E-state index < -0.39 is 0 Å². The van der Waals surface area contributed by atoms with Crippen LogP contribution >= 0.6 is 0 Å². The lowest BCUT2D eigenvalue weighted by Crippen LogP contribution is -2.09. The quantitative estimate of drug-likeness (QED) is 0.158. The van der Waals surface area contributed by atoms with Crippen molar-refractivity contribution >= 4 is 82.5 Å². The third-order valence-corrected chi connectivity index (χ3v) is 11.9. The van der Waals surface area contributed by atoms with Crippen LogP contribution in [0, 0.1) is 0 Å². The zero-order valence-electron chi connectivity index (χ0n) is 32.0. The van der Waals surface area contributed by atoms with Crippen molar-refractivity contribution in [2.45, 2.75) is 0 Å². The molecule has 276 valence electrons. The van der Waals surface area contributed by atoms with Crippen LogP contribution in [0.4, 0.5) is 17.1 Å². The molecule has 0 fully saturated rings. The van der Waals surface area contributed by atoms with Crippen LogP contribution in [-0.2, 0) is 0 Å². The molecule has 0 aliphatic rings. The summed E-state index contributed by atoms with van der Waals surface area (Å²) in [5.41, 5.74) is 13.6. The third-order valence-electron chi connectivity index (χ3n) is 11.9. The van der Waals surface area contributed by atoms with Gasteiger partial charge in [0, 0.05) is 49.7 Å². The highest BCUT2D eigenvalue weighted by Gasteiger charge is 2.18. The molecule has 12 rings (SSSR count). The van der Waals surface area contributed by atoms with Gasteiger partial charge in [0.25, 0.3) is 0 Å². The molecule has 0 N–H and O–H groups in total. The van der Waals surface area contributed by atoms with E-state index in [9.17, 15) is 0 Å². The van der Waals surface area contributed by atoms with Crippen LogP contribution in [0.5, 0.6) is 0 Å². The van der Waals surface area contributed by atoms with E-state index in [-0.39, 0.29) is 0 Å². The first-order valence-corrected chi connectivity index (χ1v) is 20.1. The minimum absolute atomic E-state index is 0.888. The maximum atomic E-state index is 6.49. The van der Waals surface area contributed by atoms with E-state index in [0.29, 0.717) is 0 Å². The Balaban J connectivity index is 0.959. The van der Waals surface area contributed by atoms with E-state index in [1.165, 1.54) is 21.5 Å². The van der Waals surface area contributed by atoms with Crippen molar-refractivity contribution in [3.63, 3.8) is 0 Å². The number of hydrogen-bond donors (Lipinski definition) is 0. The van der Waals surface area contributed by atoms with Gasteiger partial charge in [-0.15, -0.1) is 0 Å². The number of furan rings is 2. The SMILES string of the molecule is c1ccc(-c2cccc3c2oc2ccc(-c4ccc(N(c5ccc(-c6cccc7c6oc6ccccc67)cc5)c5ccc6ccc7ccccc7c6c5)cc4)cc23)cc1. The number of hydrogen-bond acceptors (Lipinski definition) is 3. The Labute approximate surface area is 340 Å². The van der Waals surface area contributed by atoms with Gasteiger partial charge in [-0.3, -0.25) is 0 Å². The number of rotatable bonds is 6. The first-order valence-electron chi connectivity index (χ1n) is 20.1. The van der Waals surface area contributed by atoms with Gasteiger partial charge < -0.3 is 13.7 Å².